The molecule has 0 N–H and O–H groups in total. The van der Waals surface area contributed by atoms with E-state index in [4.69, 9.17) is 4.42 Å². The zero-order valence-electron chi connectivity index (χ0n) is 15.3. The number of benzene rings is 2. The van der Waals surface area contributed by atoms with Gasteiger partial charge in [0.1, 0.15) is 18.4 Å². The van der Waals surface area contributed by atoms with Gasteiger partial charge in [0, 0.05) is 11.3 Å². The zero-order valence-corrected chi connectivity index (χ0v) is 15.3. The summed E-state index contributed by atoms with van der Waals surface area (Å²) in [5.41, 5.74) is 2.26. The maximum atomic E-state index is 13.0. The number of imide groups is 1. The summed E-state index contributed by atoms with van der Waals surface area (Å²) in [4.78, 5) is 28.0. The largest absolute Gasteiger partial charge is 0.419 e. The molecule has 3 aromatic rings. The first-order valence-electron chi connectivity index (χ1n) is 8.73. The highest BCUT2D eigenvalue weighted by Crippen LogP contribution is 2.27. The van der Waals surface area contributed by atoms with Crippen molar-refractivity contribution in [1.82, 2.24) is 15.1 Å². The van der Waals surface area contributed by atoms with Crippen molar-refractivity contribution < 1.29 is 18.4 Å². The molecule has 1 atom stereocenters. The van der Waals surface area contributed by atoms with Crippen molar-refractivity contribution in [2.75, 3.05) is 4.90 Å². The van der Waals surface area contributed by atoms with Crippen LogP contribution in [0.1, 0.15) is 18.4 Å². The SMILES string of the molecule is Cc1ccc(N2C(=O)N(Cc3nnc(-c4ccc(F)cc4)o3)C(=O)[C@H]2C)cc1. The Morgan fingerprint density at radius 1 is 1.04 bits per heavy atom. The molecule has 1 aromatic heterocycles. The molecule has 2 aromatic carbocycles. The summed E-state index contributed by atoms with van der Waals surface area (Å²) in [6.07, 6.45) is 0. The maximum Gasteiger partial charge on any atom is 0.332 e. The lowest BCUT2D eigenvalue weighted by Gasteiger charge is -2.19. The van der Waals surface area contributed by atoms with Crippen LogP contribution in [0.15, 0.2) is 52.9 Å². The van der Waals surface area contributed by atoms with Gasteiger partial charge in [-0.15, -0.1) is 10.2 Å². The Bertz CT molecular complexity index is 1030. The van der Waals surface area contributed by atoms with Crippen LogP contribution in [-0.4, -0.2) is 33.1 Å². The van der Waals surface area contributed by atoms with Crippen LogP contribution < -0.4 is 4.90 Å². The third-order valence-electron chi connectivity index (χ3n) is 4.61. The first kappa shape index (κ1) is 17.8. The molecule has 0 spiro atoms. The van der Waals surface area contributed by atoms with Crippen LogP contribution in [0.25, 0.3) is 11.5 Å². The van der Waals surface area contributed by atoms with Gasteiger partial charge in [-0.05, 0) is 50.2 Å². The van der Waals surface area contributed by atoms with Crippen molar-refractivity contribution in [2.24, 2.45) is 0 Å². The highest BCUT2D eigenvalue weighted by molar-refractivity contribution is 6.13. The van der Waals surface area contributed by atoms with Crippen molar-refractivity contribution in [3.05, 3.63) is 65.8 Å². The Balaban J connectivity index is 1.55. The molecule has 1 fully saturated rings. The molecule has 1 saturated heterocycles. The normalized spacial score (nSPS) is 16.9. The number of amides is 3. The van der Waals surface area contributed by atoms with E-state index in [0.717, 1.165) is 10.5 Å². The summed E-state index contributed by atoms with van der Waals surface area (Å²) in [5, 5.41) is 7.82. The van der Waals surface area contributed by atoms with Gasteiger partial charge >= 0.3 is 6.03 Å². The van der Waals surface area contributed by atoms with E-state index in [0.29, 0.717) is 11.3 Å². The van der Waals surface area contributed by atoms with Gasteiger partial charge in [0.25, 0.3) is 5.91 Å². The minimum atomic E-state index is -0.630. The number of carbonyl (C=O) groups is 2. The highest BCUT2D eigenvalue weighted by atomic mass is 19.1. The summed E-state index contributed by atoms with van der Waals surface area (Å²) in [6, 6.07) is 11.9. The monoisotopic (exact) mass is 380 g/mol. The number of carbonyl (C=O) groups excluding carboxylic acids is 2. The topological polar surface area (TPSA) is 79.5 Å². The third kappa shape index (κ3) is 3.13. The lowest BCUT2D eigenvalue weighted by atomic mass is 10.2. The van der Waals surface area contributed by atoms with Gasteiger partial charge in [-0.3, -0.25) is 14.6 Å². The molecule has 4 rings (SSSR count). The highest BCUT2D eigenvalue weighted by Gasteiger charge is 2.43. The molecular weight excluding hydrogens is 363 g/mol. The summed E-state index contributed by atoms with van der Waals surface area (Å²) < 4.78 is 18.6. The quantitative estimate of drug-likeness (QED) is 0.647. The molecule has 0 saturated carbocycles. The molecule has 1 aliphatic heterocycles. The first-order valence-corrected chi connectivity index (χ1v) is 8.73. The number of hydrogen-bond donors (Lipinski definition) is 0. The molecule has 8 heteroatoms. The van der Waals surface area contributed by atoms with Crippen molar-refractivity contribution >= 4 is 17.6 Å². The summed E-state index contributed by atoms with van der Waals surface area (Å²) >= 11 is 0. The van der Waals surface area contributed by atoms with Gasteiger partial charge in [0.05, 0.1) is 0 Å². The molecule has 1 aliphatic rings. The van der Waals surface area contributed by atoms with Gasteiger partial charge in [-0.2, -0.15) is 0 Å². The van der Waals surface area contributed by atoms with Crippen LogP contribution in [0.4, 0.5) is 14.9 Å². The number of halogens is 1. The van der Waals surface area contributed by atoms with Crippen molar-refractivity contribution in [3.8, 4) is 11.5 Å². The summed E-state index contributed by atoms with van der Waals surface area (Å²) in [6.45, 7) is 3.50. The average Bonchev–Trinajstić information content (AvgIpc) is 3.23. The number of aromatic nitrogens is 2. The van der Waals surface area contributed by atoms with Gasteiger partial charge in [-0.1, -0.05) is 17.7 Å². The van der Waals surface area contributed by atoms with Crippen LogP contribution in [0.2, 0.25) is 0 Å². The number of aryl methyl sites for hydroxylation is 1. The Labute approximate surface area is 160 Å². The van der Waals surface area contributed by atoms with E-state index in [1.807, 2.05) is 19.1 Å². The smallest absolute Gasteiger partial charge is 0.332 e. The fraction of sp³-hybridized carbons (Fsp3) is 0.200. The molecule has 0 unspecified atom stereocenters. The minimum absolute atomic E-state index is 0.124. The predicted octanol–water partition coefficient (Wildman–Crippen LogP) is 3.54. The number of nitrogens with zero attached hydrogens (tertiary/aromatic N) is 4. The second-order valence-electron chi connectivity index (χ2n) is 6.60. The fourth-order valence-corrected chi connectivity index (χ4v) is 3.07. The summed E-state index contributed by atoms with van der Waals surface area (Å²) in [5.74, 6) is -0.398. The van der Waals surface area contributed by atoms with Crippen molar-refractivity contribution in [1.29, 1.82) is 0 Å². The summed E-state index contributed by atoms with van der Waals surface area (Å²) in [7, 11) is 0. The van der Waals surface area contributed by atoms with Crippen LogP contribution in [0.3, 0.4) is 0 Å². The van der Waals surface area contributed by atoms with E-state index in [9.17, 15) is 14.0 Å². The van der Waals surface area contributed by atoms with E-state index in [1.54, 1.807) is 19.1 Å². The van der Waals surface area contributed by atoms with E-state index >= 15 is 0 Å². The Kier molecular flexibility index (Phi) is 4.38. The maximum absolute atomic E-state index is 13.0. The molecule has 142 valence electrons. The van der Waals surface area contributed by atoms with Crippen molar-refractivity contribution in [2.45, 2.75) is 26.4 Å². The second kappa shape index (κ2) is 6.88. The molecule has 28 heavy (non-hydrogen) atoms. The molecule has 0 bridgehead atoms. The fourth-order valence-electron chi connectivity index (χ4n) is 3.07. The van der Waals surface area contributed by atoms with Crippen LogP contribution in [0, 0.1) is 12.7 Å². The third-order valence-corrected chi connectivity index (χ3v) is 4.61. The lowest BCUT2D eigenvalue weighted by Crippen LogP contribution is -2.33. The van der Waals surface area contributed by atoms with Gasteiger partial charge in [0.15, 0.2) is 0 Å². The Morgan fingerprint density at radius 3 is 2.39 bits per heavy atom. The number of hydrogen-bond acceptors (Lipinski definition) is 5. The Morgan fingerprint density at radius 2 is 1.71 bits per heavy atom. The van der Waals surface area contributed by atoms with Gasteiger partial charge < -0.3 is 4.42 Å². The van der Waals surface area contributed by atoms with Crippen LogP contribution >= 0.6 is 0 Å². The van der Waals surface area contributed by atoms with Crippen molar-refractivity contribution in [3.63, 3.8) is 0 Å². The zero-order chi connectivity index (χ0) is 19.8. The Hall–Kier alpha value is -3.55. The van der Waals surface area contributed by atoms with Crippen LogP contribution in [-0.2, 0) is 11.3 Å². The number of anilines is 1. The molecule has 7 nitrogen and oxygen atoms in total. The predicted molar refractivity (Wildman–Crippen MR) is 98.8 cm³/mol. The average molecular weight is 380 g/mol. The van der Waals surface area contributed by atoms with Crippen LogP contribution in [0.5, 0.6) is 0 Å². The minimum Gasteiger partial charge on any atom is -0.419 e. The lowest BCUT2D eigenvalue weighted by molar-refractivity contribution is -0.127. The molecular formula is C20H17FN4O3. The second-order valence-corrected chi connectivity index (χ2v) is 6.60. The number of urea groups is 1. The first-order chi connectivity index (χ1) is 13.4. The molecule has 3 amide bonds. The van der Waals surface area contributed by atoms with Gasteiger partial charge in [0.2, 0.25) is 11.8 Å². The van der Waals surface area contributed by atoms with E-state index in [-0.39, 0.29) is 30.1 Å². The van der Waals surface area contributed by atoms with E-state index in [1.165, 1.54) is 29.2 Å². The standard InChI is InChI=1S/C20H17FN4O3/c1-12-3-9-16(10-4-12)25-13(2)19(26)24(20(25)27)11-17-22-23-18(28-17)14-5-7-15(21)8-6-14/h3-10,13H,11H2,1-2H3/t13-/m1/s1. The molecule has 0 radical (unpaired) electrons. The van der Waals surface area contributed by atoms with Gasteiger partial charge in [-0.25, -0.2) is 9.18 Å². The van der Waals surface area contributed by atoms with E-state index < -0.39 is 12.1 Å². The molecule has 2 heterocycles. The number of rotatable bonds is 4. The molecule has 0 aliphatic carbocycles. The van der Waals surface area contributed by atoms with E-state index in [2.05, 4.69) is 10.2 Å².